The van der Waals surface area contributed by atoms with Crippen molar-refractivity contribution in [1.29, 1.82) is 0 Å². The van der Waals surface area contributed by atoms with E-state index in [1.54, 1.807) is 6.33 Å². The number of hydrogen-bond acceptors (Lipinski definition) is 4. The molecule has 2 heterocycles. The van der Waals surface area contributed by atoms with E-state index in [4.69, 9.17) is 4.74 Å². The Kier molecular flexibility index (Phi) is 5.41. The predicted octanol–water partition coefficient (Wildman–Crippen LogP) is 2.96. The van der Waals surface area contributed by atoms with E-state index in [9.17, 15) is 4.79 Å². The fourth-order valence-electron chi connectivity index (χ4n) is 3.17. The van der Waals surface area contributed by atoms with Crippen molar-refractivity contribution in [1.82, 2.24) is 14.9 Å². The molecule has 0 radical (unpaired) electrons. The quantitative estimate of drug-likeness (QED) is 0.848. The van der Waals surface area contributed by atoms with Crippen molar-refractivity contribution < 1.29 is 9.53 Å². The Morgan fingerprint density at radius 3 is 2.71 bits per heavy atom. The normalized spacial score (nSPS) is 15.3. The number of ether oxygens (including phenoxy) is 1. The van der Waals surface area contributed by atoms with Crippen LogP contribution in [0.5, 0.6) is 5.75 Å². The number of hydrogen-bond donors (Lipinski definition) is 0. The topological polar surface area (TPSA) is 55.3 Å². The third kappa shape index (κ3) is 4.10. The molecular weight excluding hydrogens is 302 g/mol. The Hall–Kier alpha value is -2.43. The van der Waals surface area contributed by atoms with Gasteiger partial charge in [-0.05, 0) is 37.5 Å². The second-order valence-electron chi connectivity index (χ2n) is 6.16. The number of nitrogens with zero attached hydrogens (tertiary/aromatic N) is 3. The van der Waals surface area contributed by atoms with Crippen LogP contribution < -0.4 is 4.74 Å². The maximum absolute atomic E-state index is 12.3. The van der Waals surface area contributed by atoms with Gasteiger partial charge < -0.3 is 9.64 Å². The molecule has 5 heteroatoms. The first kappa shape index (κ1) is 16.4. The zero-order valence-electron chi connectivity index (χ0n) is 14.0. The molecule has 126 valence electrons. The third-order valence-corrected chi connectivity index (χ3v) is 4.50. The molecule has 1 aliphatic heterocycles. The van der Waals surface area contributed by atoms with Gasteiger partial charge in [-0.3, -0.25) is 4.79 Å². The van der Waals surface area contributed by atoms with Crippen molar-refractivity contribution in [2.45, 2.75) is 32.1 Å². The standard InChI is InChI=1S/C19H23N3O2/c1-15-13-20-14-21-19(15)16-7-10-22(11-8-16)18(23)9-12-24-17-5-3-2-4-6-17/h2-6,13-14,16H,7-12H2,1H3. The molecule has 0 spiro atoms. The summed E-state index contributed by atoms with van der Waals surface area (Å²) >= 11 is 0. The summed E-state index contributed by atoms with van der Waals surface area (Å²) in [5.41, 5.74) is 2.27. The van der Waals surface area contributed by atoms with E-state index in [2.05, 4.69) is 9.97 Å². The minimum atomic E-state index is 0.170. The molecule has 0 aliphatic carbocycles. The minimum Gasteiger partial charge on any atom is -0.493 e. The maximum Gasteiger partial charge on any atom is 0.225 e. The maximum atomic E-state index is 12.3. The lowest BCUT2D eigenvalue weighted by molar-refractivity contribution is -0.132. The van der Waals surface area contributed by atoms with E-state index in [0.29, 0.717) is 18.9 Å². The van der Waals surface area contributed by atoms with Gasteiger partial charge in [-0.1, -0.05) is 18.2 Å². The van der Waals surface area contributed by atoms with Crippen LogP contribution in [-0.2, 0) is 4.79 Å². The average Bonchev–Trinajstić information content (AvgIpc) is 2.63. The van der Waals surface area contributed by atoms with Crippen LogP contribution in [0, 0.1) is 6.92 Å². The van der Waals surface area contributed by atoms with Crippen LogP contribution in [0.25, 0.3) is 0 Å². The van der Waals surface area contributed by atoms with Crippen LogP contribution in [0.1, 0.15) is 36.4 Å². The summed E-state index contributed by atoms with van der Waals surface area (Å²) in [6, 6.07) is 9.61. The molecule has 2 aromatic rings. The second kappa shape index (κ2) is 7.90. The molecule has 0 saturated carbocycles. The van der Waals surface area contributed by atoms with Crippen LogP contribution in [0.15, 0.2) is 42.9 Å². The molecule has 0 unspecified atom stereocenters. The fraction of sp³-hybridized carbons (Fsp3) is 0.421. The van der Waals surface area contributed by atoms with Gasteiger partial charge in [0.05, 0.1) is 13.0 Å². The number of aryl methyl sites for hydroxylation is 1. The van der Waals surface area contributed by atoms with Gasteiger partial charge >= 0.3 is 0 Å². The summed E-state index contributed by atoms with van der Waals surface area (Å²) in [5, 5.41) is 0. The number of carbonyl (C=O) groups excluding carboxylic acids is 1. The van der Waals surface area contributed by atoms with Crippen molar-refractivity contribution in [3.63, 3.8) is 0 Å². The molecule has 3 rings (SSSR count). The molecule has 1 fully saturated rings. The highest BCUT2D eigenvalue weighted by molar-refractivity contribution is 5.76. The summed E-state index contributed by atoms with van der Waals surface area (Å²) in [4.78, 5) is 22.7. The van der Waals surface area contributed by atoms with E-state index in [-0.39, 0.29) is 5.91 Å². The summed E-state index contributed by atoms with van der Waals surface area (Å²) in [7, 11) is 0. The molecule has 0 N–H and O–H groups in total. The summed E-state index contributed by atoms with van der Waals surface area (Å²) < 4.78 is 5.61. The minimum absolute atomic E-state index is 0.170. The predicted molar refractivity (Wildman–Crippen MR) is 91.9 cm³/mol. The van der Waals surface area contributed by atoms with Crippen molar-refractivity contribution in [2.24, 2.45) is 0 Å². The molecule has 1 aromatic carbocycles. The van der Waals surface area contributed by atoms with E-state index in [1.807, 2.05) is 48.4 Å². The van der Waals surface area contributed by atoms with E-state index in [0.717, 1.165) is 42.9 Å². The summed E-state index contributed by atoms with van der Waals surface area (Å²) in [5.74, 6) is 1.41. The van der Waals surface area contributed by atoms with Gasteiger partial charge in [0.25, 0.3) is 0 Å². The van der Waals surface area contributed by atoms with Gasteiger partial charge in [-0.2, -0.15) is 0 Å². The molecule has 24 heavy (non-hydrogen) atoms. The molecule has 1 aliphatic rings. The first-order valence-electron chi connectivity index (χ1n) is 8.46. The van der Waals surface area contributed by atoms with Crippen molar-refractivity contribution in [3.8, 4) is 5.75 Å². The van der Waals surface area contributed by atoms with E-state index < -0.39 is 0 Å². The lowest BCUT2D eigenvalue weighted by Crippen LogP contribution is -2.38. The lowest BCUT2D eigenvalue weighted by atomic mass is 9.91. The molecule has 0 bridgehead atoms. The largest absolute Gasteiger partial charge is 0.493 e. The van der Waals surface area contributed by atoms with Gasteiger partial charge in [0, 0.05) is 30.9 Å². The average molecular weight is 325 g/mol. The number of para-hydroxylation sites is 1. The van der Waals surface area contributed by atoms with Crippen LogP contribution >= 0.6 is 0 Å². The first-order chi connectivity index (χ1) is 11.7. The molecule has 1 aromatic heterocycles. The van der Waals surface area contributed by atoms with Crippen LogP contribution in [0.2, 0.25) is 0 Å². The van der Waals surface area contributed by atoms with Crippen molar-refractivity contribution in [3.05, 3.63) is 54.1 Å². The Morgan fingerprint density at radius 1 is 1.25 bits per heavy atom. The zero-order valence-corrected chi connectivity index (χ0v) is 14.0. The van der Waals surface area contributed by atoms with Gasteiger partial charge in [-0.15, -0.1) is 0 Å². The van der Waals surface area contributed by atoms with Crippen molar-refractivity contribution in [2.75, 3.05) is 19.7 Å². The summed E-state index contributed by atoms with van der Waals surface area (Å²) in [6.07, 6.45) is 5.82. The second-order valence-corrected chi connectivity index (χ2v) is 6.16. The Morgan fingerprint density at radius 2 is 2.00 bits per heavy atom. The number of likely N-dealkylation sites (tertiary alicyclic amines) is 1. The third-order valence-electron chi connectivity index (χ3n) is 4.50. The van der Waals surface area contributed by atoms with E-state index in [1.165, 1.54) is 0 Å². The fourth-order valence-corrected chi connectivity index (χ4v) is 3.17. The van der Waals surface area contributed by atoms with Crippen LogP contribution in [0.3, 0.4) is 0 Å². The van der Waals surface area contributed by atoms with Crippen LogP contribution in [0.4, 0.5) is 0 Å². The molecule has 5 nitrogen and oxygen atoms in total. The number of rotatable bonds is 5. The van der Waals surface area contributed by atoms with E-state index >= 15 is 0 Å². The Labute approximate surface area is 142 Å². The molecule has 1 amide bonds. The van der Waals surface area contributed by atoms with Crippen LogP contribution in [-0.4, -0.2) is 40.5 Å². The number of aromatic nitrogens is 2. The first-order valence-corrected chi connectivity index (χ1v) is 8.46. The lowest BCUT2D eigenvalue weighted by Gasteiger charge is -2.32. The number of piperidine rings is 1. The smallest absolute Gasteiger partial charge is 0.225 e. The number of amides is 1. The highest BCUT2D eigenvalue weighted by Crippen LogP contribution is 2.28. The van der Waals surface area contributed by atoms with Gasteiger partial charge in [0.2, 0.25) is 5.91 Å². The highest BCUT2D eigenvalue weighted by Gasteiger charge is 2.25. The number of carbonyl (C=O) groups is 1. The summed E-state index contributed by atoms with van der Waals surface area (Å²) in [6.45, 7) is 4.05. The Balaban J connectivity index is 1.44. The number of benzene rings is 1. The molecule has 1 saturated heterocycles. The highest BCUT2D eigenvalue weighted by atomic mass is 16.5. The van der Waals surface area contributed by atoms with Gasteiger partial charge in [-0.25, -0.2) is 9.97 Å². The molecular formula is C19H23N3O2. The monoisotopic (exact) mass is 325 g/mol. The zero-order chi connectivity index (χ0) is 16.8. The van der Waals surface area contributed by atoms with Gasteiger partial charge in [0.15, 0.2) is 0 Å². The Bertz CT molecular complexity index is 667. The van der Waals surface area contributed by atoms with Gasteiger partial charge in [0.1, 0.15) is 12.1 Å². The SMILES string of the molecule is Cc1cncnc1C1CCN(C(=O)CCOc2ccccc2)CC1. The molecule has 0 atom stereocenters. The van der Waals surface area contributed by atoms with Crippen molar-refractivity contribution >= 4 is 5.91 Å².